The normalized spacial score (nSPS) is 15.4. The van der Waals surface area contributed by atoms with E-state index < -0.39 is 0 Å². The third-order valence-corrected chi connectivity index (χ3v) is 7.20. The molecule has 0 radical (unpaired) electrons. The summed E-state index contributed by atoms with van der Waals surface area (Å²) < 4.78 is 1.79. The first kappa shape index (κ1) is 25.7. The lowest BCUT2D eigenvalue weighted by atomic mass is 10.0. The summed E-state index contributed by atoms with van der Waals surface area (Å²) in [4.78, 5) is 44.1. The monoisotopic (exact) mass is 494 g/mol. The van der Waals surface area contributed by atoms with Crippen LogP contribution in [-0.4, -0.2) is 77.1 Å². The van der Waals surface area contributed by atoms with Crippen molar-refractivity contribution in [3.8, 4) is 0 Å². The summed E-state index contributed by atoms with van der Waals surface area (Å²) >= 11 is 0. The van der Waals surface area contributed by atoms with Gasteiger partial charge in [0.15, 0.2) is 5.69 Å². The summed E-state index contributed by atoms with van der Waals surface area (Å²) in [6.45, 7) is 3.91. The fourth-order valence-electron chi connectivity index (χ4n) is 5.05. The molecule has 3 amide bonds. The first-order chi connectivity index (χ1) is 17.4. The van der Waals surface area contributed by atoms with Crippen LogP contribution in [0.15, 0.2) is 30.3 Å². The van der Waals surface area contributed by atoms with Gasteiger partial charge in [-0.1, -0.05) is 18.2 Å². The Labute approximate surface area is 213 Å². The van der Waals surface area contributed by atoms with E-state index in [1.807, 2.05) is 37.2 Å². The van der Waals surface area contributed by atoms with E-state index in [4.69, 9.17) is 0 Å². The topological polar surface area (TPSA) is 90.8 Å². The summed E-state index contributed by atoms with van der Waals surface area (Å²) in [6, 6.07) is 10.1. The lowest BCUT2D eigenvalue weighted by molar-refractivity contribution is -0.134. The van der Waals surface area contributed by atoms with Gasteiger partial charge in [-0.3, -0.25) is 19.1 Å². The van der Waals surface area contributed by atoms with Crippen molar-refractivity contribution < 1.29 is 14.4 Å². The molecule has 36 heavy (non-hydrogen) atoms. The number of rotatable bonds is 9. The summed E-state index contributed by atoms with van der Waals surface area (Å²) in [5.41, 5.74) is 3.51. The quantitative estimate of drug-likeness (QED) is 0.541. The second-order valence-electron chi connectivity index (χ2n) is 9.78. The number of likely N-dealkylation sites (tertiary alicyclic amines) is 1. The van der Waals surface area contributed by atoms with E-state index >= 15 is 0 Å². The van der Waals surface area contributed by atoms with Crippen LogP contribution in [0.2, 0.25) is 0 Å². The molecule has 1 saturated heterocycles. The van der Waals surface area contributed by atoms with Crippen LogP contribution in [0.1, 0.15) is 60.3 Å². The van der Waals surface area contributed by atoms with Crippen molar-refractivity contribution in [1.29, 1.82) is 0 Å². The third kappa shape index (κ3) is 6.25. The lowest BCUT2D eigenvalue weighted by Crippen LogP contribution is -2.39. The number of amides is 3. The Balaban J connectivity index is 1.22. The highest BCUT2D eigenvalue weighted by molar-refractivity contribution is 5.94. The van der Waals surface area contributed by atoms with Crippen molar-refractivity contribution in [3.63, 3.8) is 0 Å². The van der Waals surface area contributed by atoms with Gasteiger partial charge in [-0.25, -0.2) is 0 Å². The van der Waals surface area contributed by atoms with Crippen LogP contribution in [-0.2, 0) is 29.6 Å². The molecule has 0 unspecified atom stereocenters. The molecule has 3 heterocycles. The fraction of sp³-hybridized carbons (Fsp3) is 0.556. The number of anilines is 1. The Hall–Kier alpha value is -3.36. The first-order valence-electron chi connectivity index (χ1n) is 13.1. The van der Waals surface area contributed by atoms with Crippen molar-refractivity contribution in [3.05, 3.63) is 47.3 Å². The molecule has 1 N–H and O–H groups in total. The maximum absolute atomic E-state index is 13.1. The summed E-state index contributed by atoms with van der Waals surface area (Å²) in [7, 11) is 3.90. The molecular weight excluding hydrogens is 456 g/mol. The number of aromatic nitrogens is 2. The van der Waals surface area contributed by atoms with E-state index in [1.165, 1.54) is 0 Å². The molecule has 2 aromatic rings. The van der Waals surface area contributed by atoms with E-state index in [0.29, 0.717) is 31.7 Å². The van der Waals surface area contributed by atoms with E-state index in [2.05, 4.69) is 27.4 Å². The second-order valence-corrected chi connectivity index (χ2v) is 9.78. The Bertz CT molecular complexity index is 1060. The minimum atomic E-state index is -0.106. The smallest absolute Gasteiger partial charge is 0.274 e. The van der Waals surface area contributed by atoms with Gasteiger partial charge in [0.25, 0.3) is 5.91 Å². The van der Waals surface area contributed by atoms with Crippen LogP contribution >= 0.6 is 0 Å². The molecule has 0 saturated carbocycles. The largest absolute Gasteiger partial charge is 0.375 e. The van der Waals surface area contributed by atoms with Crippen molar-refractivity contribution in [2.24, 2.45) is 7.05 Å². The SMILES string of the molecule is CN(CCCNC(=O)CCC(=O)N1CCc2c(c(C(=O)N3CCCCC3)nn2C)C1)c1ccccc1. The van der Waals surface area contributed by atoms with Crippen LogP contribution in [0.25, 0.3) is 0 Å². The Morgan fingerprint density at radius 1 is 1.00 bits per heavy atom. The second kappa shape index (κ2) is 12.1. The predicted molar refractivity (Wildman–Crippen MR) is 139 cm³/mol. The van der Waals surface area contributed by atoms with Crippen molar-refractivity contribution in [1.82, 2.24) is 24.9 Å². The maximum Gasteiger partial charge on any atom is 0.274 e. The molecule has 2 aliphatic rings. The number of piperidine rings is 1. The van der Waals surface area contributed by atoms with Crippen LogP contribution in [0.4, 0.5) is 5.69 Å². The van der Waals surface area contributed by atoms with E-state index in [-0.39, 0.29) is 30.6 Å². The number of carbonyl (C=O) groups is 3. The highest BCUT2D eigenvalue weighted by atomic mass is 16.2. The molecule has 1 fully saturated rings. The minimum Gasteiger partial charge on any atom is -0.375 e. The van der Waals surface area contributed by atoms with Gasteiger partial charge >= 0.3 is 0 Å². The van der Waals surface area contributed by atoms with Crippen molar-refractivity contribution in [2.45, 2.75) is 51.5 Å². The molecule has 4 rings (SSSR count). The Morgan fingerprint density at radius 2 is 1.75 bits per heavy atom. The van der Waals surface area contributed by atoms with Gasteiger partial charge in [0.2, 0.25) is 11.8 Å². The Morgan fingerprint density at radius 3 is 2.50 bits per heavy atom. The van der Waals surface area contributed by atoms with E-state index in [0.717, 1.165) is 62.3 Å². The van der Waals surface area contributed by atoms with Gasteiger partial charge in [0.05, 0.1) is 0 Å². The molecule has 1 aromatic heterocycles. The zero-order valence-corrected chi connectivity index (χ0v) is 21.5. The van der Waals surface area contributed by atoms with Crippen LogP contribution < -0.4 is 10.2 Å². The van der Waals surface area contributed by atoms with E-state index in [1.54, 1.807) is 9.58 Å². The predicted octanol–water partition coefficient (Wildman–Crippen LogP) is 2.35. The van der Waals surface area contributed by atoms with Crippen molar-refractivity contribution >= 4 is 23.4 Å². The highest BCUT2D eigenvalue weighted by Gasteiger charge is 2.31. The van der Waals surface area contributed by atoms with Gasteiger partial charge < -0.3 is 20.0 Å². The van der Waals surface area contributed by atoms with Gasteiger partial charge in [-0.15, -0.1) is 0 Å². The number of carbonyl (C=O) groups excluding carboxylic acids is 3. The van der Waals surface area contributed by atoms with Crippen LogP contribution in [0, 0.1) is 0 Å². The molecule has 0 bridgehead atoms. The van der Waals surface area contributed by atoms with Gasteiger partial charge in [-0.05, 0) is 37.8 Å². The van der Waals surface area contributed by atoms with Gasteiger partial charge in [0, 0.05) is 89.6 Å². The zero-order chi connectivity index (χ0) is 25.5. The van der Waals surface area contributed by atoms with Crippen molar-refractivity contribution in [2.75, 3.05) is 44.7 Å². The molecule has 0 aliphatic carbocycles. The molecule has 9 nitrogen and oxygen atoms in total. The maximum atomic E-state index is 13.1. The standard InChI is InChI=1S/C27H38N6O3/c1-30(21-10-5-3-6-11-21)16-9-15-28-24(34)12-13-25(35)33-19-14-23-22(20-33)26(29-31(23)2)27(36)32-17-7-4-8-18-32/h3,5-6,10-11H,4,7-9,12-20H2,1-2H3,(H,28,34). The first-order valence-corrected chi connectivity index (χ1v) is 13.1. The number of fused-ring (bicyclic) bond motifs is 1. The van der Waals surface area contributed by atoms with Crippen LogP contribution in [0.3, 0.4) is 0 Å². The molecule has 1 aromatic carbocycles. The number of para-hydroxylation sites is 1. The molecule has 194 valence electrons. The minimum absolute atomic E-state index is 0.0295. The number of hydrogen-bond donors (Lipinski definition) is 1. The molecule has 0 spiro atoms. The highest BCUT2D eigenvalue weighted by Crippen LogP contribution is 2.25. The molecule has 2 aliphatic heterocycles. The van der Waals surface area contributed by atoms with Gasteiger partial charge in [-0.2, -0.15) is 5.10 Å². The number of nitrogens with one attached hydrogen (secondary N) is 1. The third-order valence-electron chi connectivity index (χ3n) is 7.20. The average molecular weight is 495 g/mol. The molecular formula is C27H38N6O3. The summed E-state index contributed by atoms with van der Waals surface area (Å²) in [5, 5.41) is 7.46. The number of benzene rings is 1. The lowest BCUT2D eigenvalue weighted by Gasteiger charge is -2.29. The summed E-state index contributed by atoms with van der Waals surface area (Å²) in [6.07, 6.45) is 5.04. The number of hydrogen-bond acceptors (Lipinski definition) is 5. The average Bonchev–Trinajstić information content (AvgIpc) is 3.25. The van der Waals surface area contributed by atoms with Gasteiger partial charge in [0.1, 0.15) is 0 Å². The number of aryl methyl sites for hydroxylation is 1. The van der Waals surface area contributed by atoms with Crippen LogP contribution in [0.5, 0.6) is 0 Å². The fourth-order valence-corrected chi connectivity index (χ4v) is 5.05. The Kier molecular flexibility index (Phi) is 8.61. The summed E-state index contributed by atoms with van der Waals surface area (Å²) in [5.74, 6) is -0.191. The molecule has 0 atom stereocenters. The van der Waals surface area contributed by atoms with E-state index in [9.17, 15) is 14.4 Å². The zero-order valence-electron chi connectivity index (χ0n) is 21.5. The number of nitrogens with zero attached hydrogens (tertiary/aromatic N) is 5. The molecule has 9 heteroatoms.